The number of hydrogen-bond donors (Lipinski definition) is 6. The van der Waals surface area contributed by atoms with Crippen LogP contribution in [0.5, 0.6) is 0 Å². The lowest BCUT2D eigenvalue weighted by Crippen LogP contribution is -2.34. The molecule has 0 saturated heterocycles. The third-order valence-electron chi connectivity index (χ3n) is 11.8. The molecule has 380 valence electrons. The number of esters is 2. The van der Waals surface area contributed by atoms with Crippen LogP contribution >= 0.6 is 0 Å². The second-order valence-electron chi connectivity index (χ2n) is 16.7. The number of pyridine rings is 2. The van der Waals surface area contributed by atoms with Gasteiger partial charge in [-0.1, -0.05) is 12.1 Å². The van der Waals surface area contributed by atoms with Crippen molar-refractivity contribution in [2.45, 2.75) is 39.8 Å². The smallest absolute Gasteiger partial charge is 0.307 e. The van der Waals surface area contributed by atoms with Gasteiger partial charge in [-0.05, 0) is 123 Å². The van der Waals surface area contributed by atoms with Crippen LogP contribution in [-0.4, -0.2) is 90.8 Å². The summed E-state index contributed by atoms with van der Waals surface area (Å²) < 4.78 is 14.0. The van der Waals surface area contributed by atoms with Crippen LogP contribution in [0.15, 0.2) is 134 Å². The quantitative estimate of drug-likeness (QED) is 0.0257. The zero-order chi connectivity index (χ0) is 52.7. The first-order valence-corrected chi connectivity index (χ1v) is 23.8. The van der Waals surface area contributed by atoms with Crippen LogP contribution in [0.25, 0.3) is 22.1 Å². The Labute approximate surface area is 427 Å². The van der Waals surface area contributed by atoms with Crippen LogP contribution < -0.4 is 31.9 Å². The minimum absolute atomic E-state index is 0.0229. The highest BCUT2D eigenvalue weighted by Crippen LogP contribution is 2.24. The van der Waals surface area contributed by atoms with E-state index in [4.69, 9.17) is 41.7 Å². The predicted molar refractivity (Wildman–Crippen MR) is 285 cm³/mol. The minimum atomic E-state index is -0.371. The number of anilines is 4. The summed E-state index contributed by atoms with van der Waals surface area (Å²) >= 11 is 0. The van der Waals surface area contributed by atoms with E-state index in [1.807, 2.05) is 59.6 Å². The van der Waals surface area contributed by atoms with Crippen molar-refractivity contribution in [2.75, 3.05) is 46.7 Å². The number of aromatic nitrogens is 6. The average molecular weight is 999 g/mol. The third kappa shape index (κ3) is 13.1. The minimum Gasteiger partial charge on any atom is -0.466 e. The van der Waals surface area contributed by atoms with Crippen LogP contribution in [0.4, 0.5) is 23.0 Å². The maximum atomic E-state index is 13.5. The average Bonchev–Trinajstić information content (AvgIpc) is 3.91. The van der Waals surface area contributed by atoms with Crippen LogP contribution in [0, 0.1) is 10.8 Å². The Hall–Kier alpha value is -9.46. The molecule has 20 heteroatoms. The van der Waals surface area contributed by atoms with E-state index >= 15 is 0 Å². The Morgan fingerprint density at radius 2 is 0.932 bits per heavy atom. The van der Waals surface area contributed by atoms with Crippen LogP contribution in [0.3, 0.4) is 0 Å². The molecule has 4 heterocycles. The summed E-state index contributed by atoms with van der Waals surface area (Å²) in [5.74, 6) is 1.25. The number of imidazole rings is 2. The second-order valence-corrected chi connectivity index (χ2v) is 16.7. The molecular formula is C54H58N14O6. The molecular weight excluding hydrogens is 941 g/mol. The number of aryl methyl sites for hydroxylation is 2. The number of nitrogens with one attached hydrogen (secondary N) is 4. The molecule has 0 bridgehead atoms. The molecule has 8 aromatic rings. The molecule has 0 aliphatic carbocycles. The highest BCUT2D eigenvalue weighted by Gasteiger charge is 2.23. The standard InChI is InChI=1S/2C27H29N7O3/c2*1-3-37-25(35)13-15-34(23-6-4-5-14-30-23)27(36)19-9-12-22-21(16-19)32-24(33(22)2)17-31-20-10-7-18(8-11-20)26(28)29/h2*4-12,14,16,31H,3,13,15,17H2,1-2H3,(H3,28,29). The molecule has 0 atom stereocenters. The lowest BCUT2D eigenvalue weighted by atomic mass is 10.1. The summed E-state index contributed by atoms with van der Waals surface area (Å²) in [5, 5.41) is 21.7. The Balaban J connectivity index is 0.000000216. The van der Waals surface area contributed by atoms with Crippen molar-refractivity contribution >= 4 is 80.5 Å². The number of nitrogens with zero attached hydrogens (tertiary/aromatic N) is 8. The molecule has 0 aliphatic rings. The van der Waals surface area contributed by atoms with Gasteiger partial charge >= 0.3 is 11.9 Å². The fourth-order valence-corrected chi connectivity index (χ4v) is 7.83. The largest absolute Gasteiger partial charge is 0.466 e. The van der Waals surface area contributed by atoms with Gasteiger partial charge < -0.3 is 40.7 Å². The maximum absolute atomic E-state index is 13.5. The van der Waals surface area contributed by atoms with Gasteiger partial charge in [0.25, 0.3) is 11.8 Å². The van der Waals surface area contributed by atoms with Crippen molar-refractivity contribution in [2.24, 2.45) is 25.6 Å². The van der Waals surface area contributed by atoms with Crippen LogP contribution in [-0.2, 0) is 46.2 Å². The number of amides is 2. The Morgan fingerprint density at radius 3 is 1.27 bits per heavy atom. The summed E-state index contributed by atoms with van der Waals surface area (Å²) in [7, 11) is 3.85. The lowest BCUT2D eigenvalue weighted by molar-refractivity contribution is -0.143. The summed E-state index contributed by atoms with van der Waals surface area (Å²) in [5.41, 5.74) is 18.1. The van der Waals surface area contributed by atoms with E-state index in [0.717, 1.165) is 34.1 Å². The monoisotopic (exact) mass is 998 g/mol. The van der Waals surface area contributed by atoms with Crippen molar-refractivity contribution < 1.29 is 28.7 Å². The van der Waals surface area contributed by atoms with Crippen molar-refractivity contribution in [3.8, 4) is 0 Å². The van der Waals surface area contributed by atoms with Gasteiger partial charge in [0, 0.05) is 73.2 Å². The van der Waals surface area contributed by atoms with Gasteiger partial charge in [-0.15, -0.1) is 0 Å². The fourth-order valence-electron chi connectivity index (χ4n) is 7.83. The normalized spacial score (nSPS) is 10.8. The SMILES string of the molecule is CCOC(=O)CCN(C(=O)c1ccc2c(c1)nc(CNc1ccc(C(=N)N)cc1)n2C)c1ccccn1.CCOC(=O)CCN(C(=O)c1ccc2c(c1)nc(CNc1ccc(C(=N)N)cc1)n2C)c1ccccn1. The van der Waals surface area contributed by atoms with Crippen molar-refractivity contribution in [3.63, 3.8) is 0 Å². The van der Waals surface area contributed by atoms with Gasteiger partial charge in [0.05, 0.1) is 61.2 Å². The maximum Gasteiger partial charge on any atom is 0.307 e. The number of hydrogen-bond acceptors (Lipinski definition) is 14. The molecule has 8 rings (SSSR count). The van der Waals surface area contributed by atoms with E-state index in [9.17, 15) is 19.2 Å². The van der Waals surface area contributed by atoms with Crippen molar-refractivity contribution in [3.05, 3.63) is 168 Å². The summed E-state index contributed by atoms with van der Waals surface area (Å²) in [6.07, 6.45) is 3.33. The molecule has 4 aromatic carbocycles. The number of benzene rings is 4. The number of ether oxygens (including phenoxy) is 2. The highest BCUT2D eigenvalue weighted by atomic mass is 16.5. The van der Waals surface area contributed by atoms with Crippen molar-refractivity contribution in [1.82, 2.24) is 29.1 Å². The van der Waals surface area contributed by atoms with Gasteiger partial charge in [0.15, 0.2) is 0 Å². The van der Waals surface area contributed by atoms with Crippen molar-refractivity contribution in [1.29, 1.82) is 10.8 Å². The first-order chi connectivity index (χ1) is 35.7. The van der Waals surface area contributed by atoms with E-state index in [0.29, 0.717) is 58.0 Å². The number of nitrogens with two attached hydrogens (primary N) is 2. The molecule has 0 spiro atoms. The molecule has 0 saturated carbocycles. The second kappa shape index (κ2) is 24.6. The predicted octanol–water partition coefficient (Wildman–Crippen LogP) is 6.93. The van der Waals surface area contributed by atoms with E-state index in [1.165, 1.54) is 9.80 Å². The number of fused-ring (bicyclic) bond motifs is 2. The molecule has 0 unspecified atom stereocenters. The Kier molecular flexibility index (Phi) is 17.4. The number of amidine groups is 2. The highest BCUT2D eigenvalue weighted by molar-refractivity contribution is 6.08. The molecule has 0 aliphatic heterocycles. The number of carbonyl (C=O) groups excluding carboxylic acids is 4. The van der Waals surface area contributed by atoms with E-state index in [-0.39, 0.29) is 74.6 Å². The fraction of sp³-hybridized carbons (Fsp3) is 0.222. The number of rotatable bonds is 20. The van der Waals surface area contributed by atoms with E-state index in [2.05, 4.69) is 20.6 Å². The first kappa shape index (κ1) is 52.4. The zero-order valence-electron chi connectivity index (χ0n) is 41.5. The molecule has 0 radical (unpaired) electrons. The van der Waals surface area contributed by atoms with Crippen LogP contribution in [0.1, 0.15) is 70.2 Å². The van der Waals surface area contributed by atoms with Gasteiger partial charge in [-0.3, -0.25) is 39.8 Å². The van der Waals surface area contributed by atoms with Gasteiger partial charge in [-0.2, -0.15) is 0 Å². The molecule has 4 aromatic heterocycles. The summed E-state index contributed by atoms with van der Waals surface area (Å²) in [6, 6.07) is 35.9. The number of nitrogen functional groups attached to an aromatic ring is 2. The molecule has 0 fully saturated rings. The number of carbonyl (C=O) groups is 4. The van der Waals surface area contributed by atoms with E-state index < -0.39 is 0 Å². The summed E-state index contributed by atoms with van der Waals surface area (Å²) in [6.45, 7) is 5.28. The molecule has 74 heavy (non-hydrogen) atoms. The van der Waals surface area contributed by atoms with Gasteiger partial charge in [0.1, 0.15) is 35.0 Å². The molecule has 2 amide bonds. The molecule has 20 nitrogen and oxygen atoms in total. The summed E-state index contributed by atoms with van der Waals surface area (Å²) in [4.78, 5) is 71.9. The zero-order valence-corrected chi connectivity index (χ0v) is 41.5. The van der Waals surface area contributed by atoms with Gasteiger partial charge in [-0.25, -0.2) is 19.9 Å². The van der Waals surface area contributed by atoms with E-state index in [1.54, 1.807) is 111 Å². The topological polar surface area (TPSA) is 278 Å². The Morgan fingerprint density at radius 1 is 0.554 bits per heavy atom. The lowest BCUT2D eigenvalue weighted by Gasteiger charge is -2.21. The van der Waals surface area contributed by atoms with Crippen LogP contribution in [0.2, 0.25) is 0 Å². The van der Waals surface area contributed by atoms with Gasteiger partial charge in [0.2, 0.25) is 0 Å². The first-order valence-electron chi connectivity index (χ1n) is 23.8. The molecule has 8 N–H and O–H groups in total. The Bertz CT molecular complexity index is 3050. The third-order valence-corrected chi connectivity index (χ3v) is 11.8.